The average molecular weight is 515 g/mol. The Kier molecular flexibility index (Phi) is 10.5. The molecular formula is C26H42N8O3. The van der Waals surface area contributed by atoms with Crippen LogP contribution in [0.1, 0.15) is 37.8 Å². The molecule has 3 N–H and O–H groups in total. The minimum atomic E-state index is 0.0658. The van der Waals surface area contributed by atoms with Crippen LogP contribution in [0.15, 0.2) is 27.6 Å². The Hall–Kier alpha value is -2.76. The van der Waals surface area contributed by atoms with E-state index < -0.39 is 0 Å². The van der Waals surface area contributed by atoms with Crippen LogP contribution in [0.3, 0.4) is 0 Å². The minimum Gasteiger partial charge on any atom is -0.390 e. The lowest BCUT2D eigenvalue weighted by Crippen LogP contribution is -2.37. The number of aryl methyl sites for hydroxylation is 2. The number of hydrogen-bond acceptors (Lipinski definition) is 8. The third-order valence-electron chi connectivity index (χ3n) is 6.91. The van der Waals surface area contributed by atoms with E-state index in [0.29, 0.717) is 25.6 Å². The van der Waals surface area contributed by atoms with Gasteiger partial charge in [0.05, 0.1) is 31.4 Å². The third kappa shape index (κ3) is 8.65. The number of aliphatic imine (C=N–C) groups is 2. The van der Waals surface area contributed by atoms with Crippen molar-refractivity contribution in [2.75, 3.05) is 65.7 Å². The van der Waals surface area contributed by atoms with Crippen molar-refractivity contribution in [3.8, 4) is 0 Å². The van der Waals surface area contributed by atoms with E-state index in [2.05, 4.69) is 20.3 Å². The molecule has 1 aromatic heterocycles. The summed E-state index contributed by atoms with van der Waals surface area (Å²) in [7, 11) is 0. The van der Waals surface area contributed by atoms with Crippen LogP contribution in [-0.2, 0) is 20.8 Å². The molecule has 11 nitrogen and oxygen atoms in total. The predicted molar refractivity (Wildman–Crippen MR) is 144 cm³/mol. The highest BCUT2D eigenvalue weighted by Gasteiger charge is 2.28. The van der Waals surface area contributed by atoms with Crippen molar-refractivity contribution in [1.29, 1.82) is 0 Å². The number of carbonyl (C=O) groups excluding carboxylic acids is 1. The van der Waals surface area contributed by atoms with E-state index in [1.807, 2.05) is 28.9 Å². The predicted octanol–water partition coefficient (Wildman–Crippen LogP) is 1.45. The van der Waals surface area contributed by atoms with Crippen molar-refractivity contribution >= 4 is 24.1 Å². The summed E-state index contributed by atoms with van der Waals surface area (Å²) in [5, 5.41) is 8.10. The van der Waals surface area contributed by atoms with Crippen molar-refractivity contribution in [1.82, 2.24) is 24.9 Å². The molecule has 0 bridgehead atoms. The molecule has 1 amide bonds. The van der Waals surface area contributed by atoms with E-state index in [0.717, 1.165) is 101 Å². The van der Waals surface area contributed by atoms with Crippen molar-refractivity contribution in [2.24, 2.45) is 21.6 Å². The summed E-state index contributed by atoms with van der Waals surface area (Å²) in [5.74, 6) is 1.26. The largest absolute Gasteiger partial charge is 0.390 e. The minimum absolute atomic E-state index is 0.0658. The van der Waals surface area contributed by atoms with Gasteiger partial charge >= 0.3 is 0 Å². The third-order valence-corrected chi connectivity index (χ3v) is 6.91. The topological polar surface area (TPSA) is 123 Å². The summed E-state index contributed by atoms with van der Waals surface area (Å²) in [5.41, 5.74) is 8.54. The molecule has 0 unspecified atom stereocenters. The summed E-state index contributed by atoms with van der Waals surface area (Å²) in [6.07, 6.45) is 10.3. The Morgan fingerprint density at radius 2 is 2.00 bits per heavy atom. The van der Waals surface area contributed by atoms with Crippen LogP contribution in [-0.4, -0.2) is 104 Å². The molecule has 0 atom stereocenters. The number of allylic oxidation sites excluding steroid dienone is 1. The fraction of sp³-hybridized carbons (Fsp3) is 0.692. The molecule has 4 rings (SSSR count). The second-order valence-corrected chi connectivity index (χ2v) is 9.85. The van der Waals surface area contributed by atoms with Crippen LogP contribution in [0, 0.1) is 12.8 Å². The van der Waals surface area contributed by atoms with Crippen LogP contribution in [0.4, 0.5) is 5.69 Å². The zero-order valence-electron chi connectivity index (χ0n) is 22.1. The molecule has 0 spiro atoms. The molecule has 3 fully saturated rings. The average Bonchev–Trinajstić information content (AvgIpc) is 3.70. The van der Waals surface area contributed by atoms with Crippen LogP contribution in [0.5, 0.6) is 0 Å². The zero-order valence-corrected chi connectivity index (χ0v) is 22.1. The second kappa shape index (κ2) is 14.3. The number of amides is 1. The van der Waals surface area contributed by atoms with Gasteiger partial charge in [0.15, 0.2) is 0 Å². The Morgan fingerprint density at radius 1 is 1.16 bits per heavy atom. The van der Waals surface area contributed by atoms with Crippen LogP contribution < -0.4 is 11.1 Å². The lowest BCUT2D eigenvalue weighted by Gasteiger charge is -2.26. The smallest absolute Gasteiger partial charge is 0.248 e. The van der Waals surface area contributed by atoms with Gasteiger partial charge in [0.25, 0.3) is 0 Å². The monoisotopic (exact) mass is 514 g/mol. The lowest BCUT2D eigenvalue weighted by atomic mass is 10.2. The quantitative estimate of drug-likeness (QED) is 0.232. The summed E-state index contributed by atoms with van der Waals surface area (Å²) in [6.45, 7) is 10.6. The number of nitrogens with one attached hydrogen (secondary N) is 1. The first-order valence-electron chi connectivity index (χ1n) is 13.6. The second-order valence-electron chi connectivity index (χ2n) is 9.85. The number of hydrogen-bond donors (Lipinski definition) is 2. The molecule has 2 aliphatic heterocycles. The fourth-order valence-electron chi connectivity index (χ4n) is 4.67. The molecule has 0 radical (unpaired) electrons. The highest BCUT2D eigenvalue weighted by Crippen LogP contribution is 2.37. The number of carbonyl (C=O) groups is 1. The Balaban J connectivity index is 1.32. The number of ether oxygens (including phenoxy) is 2. The molecule has 3 heterocycles. The number of nitrogens with two attached hydrogens (primary N) is 1. The van der Waals surface area contributed by atoms with Crippen LogP contribution in [0.25, 0.3) is 0 Å². The van der Waals surface area contributed by atoms with E-state index in [1.54, 1.807) is 0 Å². The number of nitrogens with zero attached hydrogens (tertiary/aromatic N) is 6. The molecule has 204 valence electrons. The first-order chi connectivity index (χ1) is 18.1. The Bertz CT molecular complexity index is 963. The van der Waals surface area contributed by atoms with E-state index >= 15 is 0 Å². The van der Waals surface area contributed by atoms with E-state index in [-0.39, 0.29) is 12.5 Å². The molecule has 1 aromatic rings. The van der Waals surface area contributed by atoms with Crippen LogP contribution >= 0.6 is 0 Å². The molecule has 1 aliphatic carbocycles. The maximum atomic E-state index is 12.1. The van der Waals surface area contributed by atoms with Gasteiger partial charge in [-0.3, -0.25) is 19.4 Å². The SMILES string of the molecule is Cc1nn(CCCN2CCOCC2)cc1\N=C/C(=C(\N=C\N)NCCCN1CCCOCC1=O)C1CC1. The molecular weight excluding hydrogens is 472 g/mol. The van der Waals surface area contributed by atoms with E-state index in [1.165, 1.54) is 6.34 Å². The van der Waals surface area contributed by atoms with Crippen molar-refractivity contribution in [3.63, 3.8) is 0 Å². The van der Waals surface area contributed by atoms with Crippen molar-refractivity contribution in [2.45, 2.75) is 45.6 Å². The molecule has 0 aromatic carbocycles. The summed E-state index contributed by atoms with van der Waals surface area (Å²) in [4.78, 5) is 25.7. The number of morpholine rings is 1. The summed E-state index contributed by atoms with van der Waals surface area (Å²) < 4.78 is 12.7. The van der Waals surface area contributed by atoms with Gasteiger partial charge < -0.3 is 25.4 Å². The summed E-state index contributed by atoms with van der Waals surface area (Å²) in [6, 6.07) is 0. The van der Waals surface area contributed by atoms with Gasteiger partial charge in [-0.2, -0.15) is 5.10 Å². The highest BCUT2D eigenvalue weighted by molar-refractivity contribution is 5.83. The van der Waals surface area contributed by atoms with Gasteiger partial charge in [0.1, 0.15) is 18.1 Å². The van der Waals surface area contributed by atoms with Crippen LogP contribution in [0.2, 0.25) is 0 Å². The molecule has 1 saturated carbocycles. The van der Waals surface area contributed by atoms with Gasteiger partial charge in [-0.1, -0.05) is 0 Å². The van der Waals surface area contributed by atoms with Gasteiger partial charge in [-0.15, -0.1) is 0 Å². The van der Waals surface area contributed by atoms with Gasteiger partial charge in [-0.25, -0.2) is 4.99 Å². The first-order valence-corrected chi connectivity index (χ1v) is 13.6. The maximum Gasteiger partial charge on any atom is 0.248 e. The standard InChI is InChI=1S/C26H42N8O3/c1-21-24(18-34(31-21)11-3-8-32-12-15-36-16-13-32)29-17-23(22-5-6-22)26(30-20-27)28-7-2-9-33-10-4-14-37-19-25(33)35/h17-18,20,22,28H,2-16,19H2,1H3,(H2,27,30)/b26-23+,29-17-. The van der Waals surface area contributed by atoms with E-state index in [9.17, 15) is 4.79 Å². The molecule has 11 heteroatoms. The zero-order chi connectivity index (χ0) is 25.9. The van der Waals surface area contributed by atoms with Gasteiger partial charge in [-0.05, 0) is 44.9 Å². The first kappa shape index (κ1) is 27.3. The normalized spacial score (nSPS) is 20.6. The van der Waals surface area contributed by atoms with Gasteiger partial charge in [0.2, 0.25) is 5.91 Å². The maximum absolute atomic E-state index is 12.1. The molecule has 37 heavy (non-hydrogen) atoms. The van der Waals surface area contributed by atoms with Gasteiger partial charge in [0, 0.05) is 64.2 Å². The highest BCUT2D eigenvalue weighted by atomic mass is 16.5. The molecule has 3 aliphatic rings. The summed E-state index contributed by atoms with van der Waals surface area (Å²) >= 11 is 0. The number of aromatic nitrogens is 2. The fourth-order valence-corrected chi connectivity index (χ4v) is 4.67. The lowest BCUT2D eigenvalue weighted by molar-refractivity contribution is -0.133. The van der Waals surface area contributed by atoms with Crippen molar-refractivity contribution in [3.05, 3.63) is 23.3 Å². The Morgan fingerprint density at radius 3 is 2.78 bits per heavy atom. The Labute approximate surface area is 219 Å². The van der Waals surface area contributed by atoms with E-state index in [4.69, 9.17) is 20.2 Å². The molecule has 2 saturated heterocycles. The number of rotatable bonds is 13. The van der Waals surface area contributed by atoms with Crippen molar-refractivity contribution < 1.29 is 14.3 Å².